The monoisotopic (exact) mass is 329 g/mol. The Morgan fingerprint density at radius 3 is 2.76 bits per heavy atom. The van der Waals surface area contributed by atoms with Crippen molar-refractivity contribution in [1.82, 2.24) is 9.36 Å². The molecule has 0 fully saturated rings. The van der Waals surface area contributed by atoms with Crippen LogP contribution in [0.1, 0.15) is 24.4 Å². The first kappa shape index (κ1) is 13.0. The fourth-order valence-electron chi connectivity index (χ4n) is 1.36. The van der Waals surface area contributed by atoms with E-state index in [4.69, 9.17) is 5.73 Å². The number of benzene rings is 1. The van der Waals surface area contributed by atoms with Gasteiger partial charge in [-0.3, -0.25) is 0 Å². The Morgan fingerprint density at radius 2 is 2.24 bits per heavy atom. The van der Waals surface area contributed by atoms with Gasteiger partial charge < -0.3 is 5.73 Å². The van der Waals surface area contributed by atoms with Crippen molar-refractivity contribution in [2.45, 2.75) is 29.1 Å². The van der Waals surface area contributed by atoms with E-state index in [0.717, 1.165) is 25.1 Å². The van der Waals surface area contributed by atoms with Crippen LogP contribution in [0.3, 0.4) is 0 Å². The number of nitrogens with zero attached hydrogens (tertiary/aromatic N) is 2. The summed E-state index contributed by atoms with van der Waals surface area (Å²) >= 11 is 6.58. The van der Waals surface area contributed by atoms with E-state index in [1.807, 2.05) is 19.9 Å². The second-order valence-electron chi connectivity index (χ2n) is 3.68. The SMILES string of the molecule is Cc1nsc(Sc2ccc(C(C)N)c(Br)c2)n1. The van der Waals surface area contributed by atoms with E-state index in [2.05, 4.69) is 37.4 Å². The number of rotatable bonds is 3. The van der Waals surface area contributed by atoms with E-state index < -0.39 is 0 Å². The molecule has 0 radical (unpaired) electrons. The average molecular weight is 330 g/mol. The molecule has 0 spiro atoms. The zero-order chi connectivity index (χ0) is 12.4. The van der Waals surface area contributed by atoms with Crippen LogP contribution in [0.2, 0.25) is 0 Å². The van der Waals surface area contributed by atoms with E-state index >= 15 is 0 Å². The molecule has 2 rings (SSSR count). The van der Waals surface area contributed by atoms with E-state index in [1.54, 1.807) is 11.8 Å². The Balaban J connectivity index is 2.20. The van der Waals surface area contributed by atoms with Gasteiger partial charge in [-0.1, -0.05) is 33.8 Å². The smallest absolute Gasteiger partial charge is 0.174 e. The summed E-state index contributed by atoms with van der Waals surface area (Å²) in [5, 5.41) is 0. The first-order valence-electron chi connectivity index (χ1n) is 5.09. The number of halogens is 1. The lowest BCUT2D eigenvalue weighted by Crippen LogP contribution is -2.05. The molecule has 0 aliphatic carbocycles. The molecule has 3 nitrogen and oxygen atoms in total. The van der Waals surface area contributed by atoms with Crippen molar-refractivity contribution in [2.75, 3.05) is 0 Å². The molecule has 2 N–H and O–H groups in total. The van der Waals surface area contributed by atoms with Crippen LogP contribution in [0.25, 0.3) is 0 Å². The molecule has 1 atom stereocenters. The molecule has 1 aromatic heterocycles. The molecular weight excluding hydrogens is 318 g/mol. The summed E-state index contributed by atoms with van der Waals surface area (Å²) in [5.41, 5.74) is 6.98. The molecule has 1 unspecified atom stereocenters. The summed E-state index contributed by atoms with van der Waals surface area (Å²) in [7, 11) is 0. The Bertz CT molecular complexity index is 525. The molecule has 17 heavy (non-hydrogen) atoms. The highest BCUT2D eigenvalue weighted by Gasteiger charge is 2.08. The summed E-state index contributed by atoms with van der Waals surface area (Å²) in [4.78, 5) is 5.46. The Hall–Kier alpha value is -0.430. The third kappa shape index (κ3) is 3.28. The lowest BCUT2D eigenvalue weighted by atomic mass is 10.1. The van der Waals surface area contributed by atoms with E-state index in [-0.39, 0.29) is 6.04 Å². The number of hydrogen-bond acceptors (Lipinski definition) is 5. The van der Waals surface area contributed by atoms with Crippen molar-refractivity contribution in [3.8, 4) is 0 Å². The molecule has 0 amide bonds. The number of aryl methyl sites for hydroxylation is 1. The van der Waals surface area contributed by atoms with Gasteiger partial charge in [0, 0.05) is 15.4 Å². The van der Waals surface area contributed by atoms with Gasteiger partial charge in [-0.15, -0.1) is 0 Å². The standard InChI is InChI=1S/C11H12BrN3S2/c1-6(13)9-4-3-8(5-10(9)12)16-11-14-7(2)15-17-11/h3-6H,13H2,1-2H3. The highest BCUT2D eigenvalue weighted by molar-refractivity contribution is 9.10. The van der Waals surface area contributed by atoms with E-state index in [0.29, 0.717) is 0 Å². The highest BCUT2D eigenvalue weighted by Crippen LogP contribution is 2.33. The lowest BCUT2D eigenvalue weighted by molar-refractivity contribution is 0.811. The van der Waals surface area contributed by atoms with Crippen LogP contribution in [-0.2, 0) is 0 Å². The van der Waals surface area contributed by atoms with Crippen LogP contribution in [-0.4, -0.2) is 9.36 Å². The molecule has 0 bridgehead atoms. The fraction of sp³-hybridized carbons (Fsp3) is 0.273. The topological polar surface area (TPSA) is 51.8 Å². The predicted octanol–water partition coefficient (Wildman–Crippen LogP) is 3.78. The van der Waals surface area contributed by atoms with Gasteiger partial charge in [0.15, 0.2) is 4.34 Å². The zero-order valence-corrected chi connectivity index (χ0v) is 12.7. The minimum atomic E-state index is 0.0344. The van der Waals surface area contributed by atoms with Crippen molar-refractivity contribution >= 4 is 39.2 Å². The third-order valence-corrected chi connectivity index (χ3v) is 4.70. The first-order valence-corrected chi connectivity index (χ1v) is 7.48. The molecule has 1 aromatic carbocycles. The van der Waals surface area contributed by atoms with Gasteiger partial charge in [-0.2, -0.15) is 4.37 Å². The summed E-state index contributed by atoms with van der Waals surface area (Å²) in [6, 6.07) is 6.21. The first-order chi connectivity index (χ1) is 8.06. The molecule has 0 aliphatic heterocycles. The van der Waals surface area contributed by atoms with Gasteiger partial charge in [0.2, 0.25) is 0 Å². The minimum Gasteiger partial charge on any atom is -0.324 e. The number of hydrogen-bond donors (Lipinski definition) is 1. The highest BCUT2D eigenvalue weighted by atomic mass is 79.9. The summed E-state index contributed by atoms with van der Waals surface area (Å²) < 4.78 is 6.16. The minimum absolute atomic E-state index is 0.0344. The van der Waals surface area contributed by atoms with Crippen LogP contribution < -0.4 is 5.73 Å². The van der Waals surface area contributed by atoms with E-state index in [9.17, 15) is 0 Å². The van der Waals surface area contributed by atoms with Crippen molar-refractivity contribution in [3.63, 3.8) is 0 Å². The van der Waals surface area contributed by atoms with Crippen molar-refractivity contribution in [3.05, 3.63) is 34.1 Å². The molecule has 90 valence electrons. The molecule has 2 aromatic rings. The summed E-state index contributed by atoms with van der Waals surface area (Å²) in [6.45, 7) is 3.87. The summed E-state index contributed by atoms with van der Waals surface area (Å²) in [6.07, 6.45) is 0. The quantitative estimate of drug-likeness (QED) is 0.930. The van der Waals surface area contributed by atoms with Crippen molar-refractivity contribution in [2.24, 2.45) is 5.73 Å². The van der Waals surface area contributed by atoms with Gasteiger partial charge in [0.05, 0.1) is 0 Å². The maximum atomic E-state index is 5.86. The zero-order valence-electron chi connectivity index (χ0n) is 9.48. The third-order valence-electron chi connectivity index (χ3n) is 2.18. The molecule has 6 heteroatoms. The molecular formula is C11H12BrN3S2. The van der Waals surface area contributed by atoms with Crippen LogP contribution in [0.15, 0.2) is 31.9 Å². The summed E-state index contributed by atoms with van der Waals surface area (Å²) in [5.74, 6) is 0.823. The fourth-order valence-corrected chi connectivity index (χ4v) is 3.92. The average Bonchev–Trinajstić information content (AvgIpc) is 2.63. The van der Waals surface area contributed by atoms with Crippen LogP contribution in [0.5, 0.6) is 0 Å². The Morgan fingerprint density at radius 1 is 1.47 bits per heavy atom. The van der Waals surface area contributed by atoms with Crippen LogP contribution >= 0.6 is 39.2 Å². The molecule has 0 aliphatic rings. The van der Waals surface area contributed by atoms with E-state index in [1.165, 1.54) is 11.5 Å². The van der Waals surface area contributed by atoms with Gasteiger partial charge >= 0.3 is 0 Å². The number of nitrogens with two attached hydrogens (primary N) is 1. The van der Waals surface area contributed by atoms with Gasteiger partial charge in [-0.25, -0.2) is 4.98 Å². The second kappa shape index (κ2) is 5.48. The van der Waals surface area contributed by atoms with Crippen molar-refractivity contribution < 1.29 is 0 Å². The van der Waals surface area contributed by atoms with Crippen molar-refractivity contribution in [1.29, 1.82) is 0 Å². The largest absolute Gasteiger partial charge is 0.324 e. The molecule has 0 saturated heterocycles. The normalized spacial score (nSPS) is 12.7. The number of aromatic nitrogens is 2. The van der Waals surface area contributed by atoms with Gasteiger partial charge in [-0.05, 0) is 43.1 Å². The maximum Gasteiger partial charge on any atom is 0.174 e. The van der Waals surface area contributed by atoms with Crippen LogP contribution in [0.4, 0.5) is 0 Å². The van der Waals surface area contributed by atoms with Crippen LogP contribution in [0, 0.1) is 6.92 Å². The Labute approximate surface area is 117 Å². The second-order valence-corrected chi connectivity index (χ2v) is 6.61. The molecule has 0 saturated carbocycles. The van der Waals surface area contributed by atoms with Gasteiger partial charge in [0.25, 0.3) is 0 Å². The Kier molecular flexibility index (Phi) is 4.19. The molecule has 1 heterocycles. The van der Waals surface area contributed by atoms with Gasteiger partial charge in [0.1, 0.15) is 5.82 Å². The maximum absolute atomic E-state index is 5.86. The predicted molar refractivity (Wildman–Crippen MR) is 75.5 cm³/mol. The lowest BCUT2D eigenvalue weighted by Gasteiger charge is -2.09.